The third-order valence-corrected chi connectivity index (χ3v) is 3.98. The monoisotopic (exact) mass is 328 g/mol. The molecule has 2 aromatic heterocycles. The molecule has 0 aliphatic carbocycles. The van der Waals surface area contributed by atoms with Crippen LogP contribution in [-0.2, 0) is 17.8 Å². The molecule has 0 radical (unpaired) electrons. The number of nitrogens with zero attached hydrogens (tertiary/aromatic N) is 1. The summed E-state index contributed by atoms with van der Waals surface area (Å²) in [7, 11) is 0. The Morgan fingerprint density at radius 3 is 3.11 bits per heavy atom. The van der Waals surface area contributed by atoms with Gasteiger partial charge in [-0.25, -0.2) is 4.79 Å². The molecule has 2 rings (SSSR count). The van der Waals surface area contributed by atoms with Crippen molar-refractivity contribution >= 4 is 33.2 Å². The number of esters is 1. The first kappa shape index (κ1) is 13.3. The molecular formula is C12H13BrN2O2S. The molecule has 2 heterocycles. The number of nitrogens with one attached hydrogen (secondary N) is 1. The zero-order valence-corrected chi connectivity index (χ0v) is 12.3. The predicted molar refractivity (Wildman–Crippen MR) is 73.7 cm³/mol. The summed E-state index contributed by atoms with van der Waals surface area (Å²) in [6, 6.07) is 1.94. The average molecular weight is 329 g/mol. The average Bonchev–Trinajstić information content (AvgIpc) is 2.96. The third-order valence-electron chi connectivity index (χ3n) is 2.43. The van der Waals surface area contributed by atoms with E-state index in [1.54, 1.807) is 11.3 Å². The summed E-state index contributed by atoms with van der Waals surface area (Å²) >= 11 is 4.94. The fourth-order valence-electron chi connectivity index (χ4n) is 1.58. The number of halogens is 1. The van der Waals surface area contributed by atoms with Gasteiger partial charge in [0.2, 0.25) is 0 Å². The summed E-state index contributed by atoms with van der Waals surface area (Å²) in [6.45, 7) is 2.34. The number of H-pyrrole nitrogens is 1. The minimum absolute atomic E-state index is 0.289. The summed E-state index contributed by atoms with van der Waals surface area (Å²) in [4.78, 5) is 11.9. The van der Waals surface area contributed by atoms with Crippen molar-refractivity contribution in [1.82, 2.24) is 10.2 Å². The summed E-state index contributed by atoms with van der Waals surface area (Å²) in [5, 5.41) is 8.68. The van der Waals surface area contributed by atoms with Gasteiger partial charge in [-0.3, -0.25) is 5.10 Å². The highest BCUT2D eigenvalue weighted by Crippen LogP contribution is 2.21. The van der Waals surface area contributed by atoms with E-state index in [0.29, 0.717) is 5.56 Å². The second-order valence-electron chi connectivity index (χ2n) is 3.85. The lowest BCUT2D eigenvalue weighted by molar-refractivity contribution is 0.0472. The number of aromatic amines is 1. The Morgan fingerprint density at radius 2 is 2.44 bits per heavy atom. The molecular weight excluding hydrogens is 316 g/mol. The van der Waals surface area contributed by atoms with E-state index in [0.717, 1.165) is 27.9 Å². The van der Waals surface area contributed by atoms with Crippen molar-refractivity contribution in [3.63, 3.8) is 0 Å². The van der Waals surface area contributed by atoms with Crippen molar-refractivity contribution in [2.24, 2.45) is 0 Å². The Morgan fingerprint density at radius 1 is 1.61 bits per heavy atom. The van der Waals surface area contributed by atoms with E-state index < -0.39 is 0 Å². The molecule has 96 valence electrons. The molecule has 0 fully saturated rings. The molecule has 4 nitrogen and oxygen atoms in total. The van der Waals surface area contributed by atoms with Crippen molar-refractivity contribution < 1.29 is 9.53 Å². The largest absolute Gasteiger partial charge is 0.457 e. The number of ether oxygens (including phenoxy) is 1. The second-order valence-corrected chi connectivity index (χ2v) is 6.14. The van der Waals surface area contributed by atoms with Crippen LogP contribution < -0.4 is 0 Å². The van der Waals surface area contributed by atoms with Crippen molar-refractivity contribution in [3.05, 3.63) is 38.3 Å². The molecule has 0 aliphatic rings. The molecule has 0 aromatic carbocycles. The van der Waals surface area contributed by atoms with Crippen LogP contribution in [0.1, 0.15) is 35.0 Å². The Hall–Kier alpha value is -1.14. The number of aromatic nitrogens is 2. The van der Waals surface area contributed by atoms with E-state index in [1.807, 2.05) is 11.4 Å². The van der Waals surface area contributed by atoms with Crippen molar-refractivity contribution in [2.45, 2.75) is 26.4 Å². The van der Waals surface area contributed by atoms with E-state index in [4.69, 9.17) is 4.74 Å². The zero-order chi connectivity index (χ0) is 13.0. The van der Waals surface area contributed by atoms with Gasteiger partial charge >= 0.3 is 5.97 Å². The highest BCUT2D eigenvalue weighted by molar-refractivity contribution is 9.11. The molecule has 0 spiro atoms. The Kier molecular flexibility index (Phi) is 4.54. The van der Waals surface area contributed by atoms with Crippen LogP contribution in [0.3, 0.4) is 0 Å². The van der Waals surface area contributed by atoms with Crippen LogP contribution in [-0.4, -0.2) is 16.2 Å². The van der Waals surface area contributed by atoms with Gasteiger partial charge in [-0.1, -0.05) is 13.3 Å². The van der Waals surface area contributed by atoms with Gasteiger partial charge in [-0.05, 0) is 33.8 Å². The molecule has 0 saturated heterocycles. The number of carbonyl (C=O) groups is 1. The summed E-state index contributed by atoms with van der Waals surface area (Å²) in [5.74, 6) is -0.325. The van der Waals surface area contributed by atoms with E-state index in [-0.39, 0.29) is 12.6 Å². The number of aryl methyl sites for hydroxylation is 1. The lowest BCUT2D eigenvalue weighted by Gasteiger charge is -2.03. The minimum atomic E-state index is -0.325. The first-order chi connectivity index (χ1) is 8.70. The van der Waals surface area contributed by atoms with Gasteiger partial charge in [-0.15, -0.1) is 11.3 Å². The van der Waals surface area contributed by atoms with Crippen LogP contribution in [0.5, 0.6) is 0 Å². The summed E-state index contributed by atoms with van der Waals surface area (Å²) in [5.41, 5.74) is 2.36. The van der Waals surface area contributed by atoms with Crippen LogP contribution in [0, 0.1) is 0 Å². The molecule has 0 aliphatic heterocycles. The molecule has 2 aromatic rings. The molecule has 0 unspecified atom stereocenters. The standard InChI is InChI=1S/C12H13BrN2O2S/c1-2-3-10-9(5-14-15-10)12(16)17-6-8-4-11(13)18-7-8/h4-5,7H,2-3,6H2,1H3,(H,14,15). The highest BCUT2D eigenvalue weighted by Gasteiger charge is 2.14. The van der Waals surface area contributed by atoms with Gasteiger partial charge in [0.15, 0.2) is 0 Å². The van der Waals surface area contributed by atoms with Gasteiger partial charge in [0.1, 0.15) is 12.2 Å². The van der Waals surface area contributed by atoms with Gasteiger partial charge in [0, 0.05) is 11.3 Å². The molecule has 18 heavy (non-hydrogen) atoms. The summed E-state index contributed by atoms with van der Waals surface area (Å²) in [6.07, 6.45) is 3.28. The highest BCUT2D eigenvalue weighted by atomic mass is 79.9. The maximum absolute atomic E-state index is 11.9. The quantitative estimate of drug-likeness (QED) is 0.854. The molecule has 0 saturated carbocycles. The Bertz CT molecular complexity index is 536. The number of hydrogen-bond donors (Lipinski definition) is 1. The minimum Gasteiger partial charge on any atom is -0.457 e. The van der Waals surface area contributed by atoms with Crippen molar-refractivity contribution in [3.8, 4) is 0 Å². The van der Waals surface area contributed by atoms with E-state index >= 15 is 0 Å². The zero-order valence-electron chi connectivity index (χ0n) is 9.90. The first-order valence-corrected chi connectivity index (χ1v) is 7.30. The number of rotatable bonds is 5. The molecule has 1 N–H and O–H groups in total. The Balaban J connectivity index is 1.97. The maximum Gasteiger partial charge on any atom is 0.341 e. The number of carbonyl (C=O) groups excluding carboxylic acids is 1. The smallest absolute Gasteiger partial charge is 0.341 e. The van der Waals surface area contributed by atoms with Crippen molar-refractivity contribution in [1.29, 1.82) is 0 Å². The third kappa shape index (κ3) is 3.20. The number of thiophene rings is 1. The van der Waals surface area contributed by atoms with Gasteiger partial charge in [0.05, 0.1) is 9.98 Å². The predicted octanol–water partition coefficient (Wildman–Crippen LogP) is 3.54. The van der Waals surface area contributed by atoms with E-state index in [2.05, 4.69) is 33.1 Å². The fourth-order valence-corrected chi connectivity index (χ4v) is 2.77. The van der Waals surface area contributed by atoms with Gasteiger partial charge < -0.3 is 4.74 Å². The lowest BCUT2D eigenvalue weighted by atomic mass is 10.2. The molecule has 0 amide bonds. The van der Waals surface area contributed by atoms with Gasteiger partial charge in [-0.2, -0.15) is 5.10 Å². The maximum atomic E-state index is 11.9. The van der Waals surface area contributed by atoms with E-state index in [9.17, 15) is 4.79 Å². The Labute approximate surface area is 117 Å². The van der Waals surface area contributed by atoms with Crippen LogP contribution in [0.15, 0.2) is 21.4 Å². The number of hydrogen-bond acceptors (Lipinski definition) is 4. The molecule has 6 heteroatoms. The van der Waals surface area contributed by atoms with Crippen LogP contribution >= 0.6 is 27.3 Å². The SMILES string of the molecule is CCCc1[nH]ncc1C(=O)OCc1csc(Br)c1. The molecule has 0 bridgehead atoms. The molecule has 0 atom stereocenters. The summed E-state index contributed by atoms with van der Waals surface area (Å²) < 4.78 is 6.29. The topological polar surface area (TPSA) is 55.0 Å². The van der Waals surface area contributed by atoms with Crippen LogP contribution in [0.2, 0.25) is 0 Å². The normalized spacial score (nSPS) is 10.6. The van der Waals surface area contributed by atoms with Crippen molar-refractivity contribution in [2.75, 3.05) is 0 Å². The van der Waals surface area contributed by atoms with Gasteiger partial charge in [0.25, 0.3) is 0 Å². The van der Waals surface area contributed by atoms with Crippen LogP contribution in [0.4, 0.5) is 0 Å². The lowest BCUT2D eigenvalue weighted by Crippen LogP contribution is -2.06. The second kappa shape index (κ2) is 6.15. The van der Waals surface area contributed by atoms with Crippen LogP contribution in [0.25, 0.3) is 0 Å². The fraction of sp³-hybridized carbons (Fsp3) is 0.333. The van der Waals surface area contributed by atoms with E-state index in [1.165, 1.54) is 6.20 Å². The first-order valence-electron chi connectivity index (χ1n) is 5.63.